The molecule has 2 fully saturated rings. The lowest BCUT2D eigenvalue weighted by molar-refractivity contribution is -0.149. The van der Waals surface area contributed by atoms with Crippen molar-refractivity contribution in [2.75, 3.05) is 13.1 Å². The number of fused-ring (bicyclic) bond motifs is 2. The second-order valence-corrected chi connectivity index (χ2v) is 8.45. The summed E-state index contributed by atoms with van der Waals surface area (Å²) in [6.07, 6.45) is 2.65. The third kappa shape index (κ3) is 3.08. The highest BCUT2D eigenvalue weighted by Gasteiger charge is 2.55. The number of aliphatic carboxylic acids is 1. The van der Waals surface area contributed by atoms with Crippen LogP contribution >= 0.6 is 0 Å². The second-order valence-electron chi connectivity index (χ2n) is 8.45. The van der Waals surface area contributed by atoms with Crippen LogP contribution in [0.3, 0.4) is 0 Å². The monoisotopic (exact) mass is 380 g/mol. The van der Waals surface area contributed by atoms with Crippen molar-refractivity contribution in [2.45, 2.75) is 45.2 Å². The average molecular weight is 380 g/mol. The molecule has 1 heterocycles. The van der Waals surface area contributed by atoms with E-state index in [1.54, 1.807) is 0 Å². The van der Waals surface area contributed by atoms with E-state index >= 15 is 0 Å². The van der Waals surface area contributed by atoms with E-state index in [4.69, 9.17) is 0 Å². The molecule has 2 unspecified atom stereocenters. The van der Waals surface area contributed by atoms with Crippen molar-refractivity contribution >= 4 is 22.6 Å². The Labute approximate surface area is 165 Å². The number of carbonyl (C=O) groups excluding carboxylic acids is 1. The Bertz CT molecular complexity index is 906. The Morgan fingerprint density at radius 3 is 2.68 bits per heavy atom. The third-order valence-electron chi connectivity index (χ3n) is 6.90. The summed E-state index contributed by atoms with van der Waals surface area (Å²) < 4.78 is 0. The molecule has 2 aliphatic rings. The Balaban J connectivity index is 1.47. The van der Waals surface area contributed by atoms with Gasteiger partial charge in [0, 0.05) is 13.1 Å². The molecular weight excluding hydrogens is 352 g/mol. The minimum atomic E-state index is -0.700. The number of carboxylic acids is 1. The molecule has 28 heavy (non-hydrogen) atoms. The van der Waals surface area contributed by atoms with Crippen LogP contribution in [0.15, 0.2) is 42.5 Å². The molecule has 1 saturated heterocycles. The van der Waals surface area contributed by atoms with Gasteiger partial charge in [-0.15, -0.1) is 0 Å². The summed E-state index contributed by atoms with van der Waals surface area (Å²) in [7, 11) is 0. The van der Waals surface area contributed by atoms with Crippen LogP contribution in [0.5, 0.6) is 0 Å². The molecule has 2 N–H and O–H groups in total. The number of carboxylic acid groups (broad SMARTS) is 1. The number of hydrogen-bond donors (Lipinski definition) is 2. The second kappa shape index (κ2) is 7.21. The van der Waals surface area contributed by atoms with Gasteiger partial charge in [0.25, 0.3) is 0 Å². The molecule has 148 valence electrons. The molecular formula is C23H28N2O3. The van der Waals surface area contributed by atoms with E-state index < -0.39 is 11.4 Å². The quantitative estimate of drug-likeness (QED) is 0.832. The van der Waals surface area contributed by atoms with E-state index in [0.29, 0.717) is 13.1 Å². The Kier molecular flexibility index (Phi) is 4.88. The lowest BCUT2D eigenvalue weighted by Gasteiger charge is -2.28. The van der Waals surface area contributed by atoms with Gasteiger partial charge in [-0.25, -0.2) is 0 Å². The fourth-order valence-corrected chi connectivity index (χ4v) is 5.18. The summed E-state index contributed by atoms with van der Waals surface area (Å²) in [5, 5.41) is 15.2. The highest BCUT2D eigenvalue weighted by molar-refractivity contribution is 5.87. The van der Waals surface area contributed by atoms with E-state index in [1.807, 2.05) is 32.0 Å². The van der Waals surface area contributed by atoms with Gasteiger partial charge in [-0.05, 0) is 48.9 Å². The van der Waals surface area contributed by atoms with Gasteiger partial charge in [0.2, 0.25) is 5.91 Å². The summed E-state index contributed by atoms with van der Waals surface area (Å²) in [5.41, 5.74) is 0.439. The molecule has 1 saturated carbocycles. The van der Waals surface area contributed by atoms with E-state index in [0.717, 1.165) is 35.6 Å². The summed E-state index contributed by atoms with van der Waals surface area (Å²) in [4.78, 5) is 26.9. The molecule has 4 atom stereocenters. The van der Waals surface area contributed by atoms with Crippen LogP contribution in [-0.2, 0) is 9.59 Å². The maximum absolute atomic E-state index is 12.9. The largest absolute Gasteiger partial charge is 0.481 e. The lowest BCUT2D eigenvalue weighted by atomic mass is 9.81. The molecule has 0 spiro atoms. The molecule has 0 bridgehead atoms. The van der Waals surface area contributed by atoms with Crippen molar-refractivity contribution in [2.24, 2.45) is 11.3 Å². The van der Waals surface area contributed by atoms with Gasteiger partial charge >= 0.3 is 5.97 Å². The van der Waals surface area contributed by atoms with Crippen LogP contribution in [0.4, 0.5) is 0 Å². The molecule has 0 radical (unpaired) electrons. The highest BCUT2D eigenvalue weighted by Crippen LogP contribution is 2.49. The predicted molar refractivity (Wildman–Crippen MR) is 109 cm³/mol. The van der Waals surface area contributed by atoms with Crippen LogP contribution in [0.1, 0.15) is 44.7 Å². The minimum Gasteiger partial charge on any atom is -0.481 e. The van der Waals surface area contributed by atoms with Crippen molar-refractivity contribution in [3.8, 4) is 0 Å². The molecule has 5 nitrogen and oxygen atoms in total. The first-order valence-electron chi connectivity index (χ1n) is 10.2. The van der Waals surface area contributed by atoms with E-state index in [2.05, 4.69) is 34.5 Å². The predicted octanol–water partition coefficient (Wildman–Crippen LogP) is 3.59. The van der Waals surface area contributed by atoms with Gasteiger partial charge in [0.15, 0.2) is 0 Å². The number of carbonyl (C=O) groups is 2. The summed E-state index contributed by atoms with van der Waals surface area (Å²) in [6, 6.07) is 13.9. The molecule has 2 aromatic carbocycles. The number of benzene rings is 2. The summed E-state index contributed by atoms with van der Waals surface area (Å²) in [6.45, 7) is 5.07. The maximum Gasteiger partial charge on any atom is 0.311 e. The number of amides is 1. The first-order chi connectivity index (χ1) is 13.4. The number of nitrogens with one attached hydrogen (secondary N) is 1. The Hall–Kier alpha value is -2.40. The third-order valence-corrected chi connectivity index (χ3v) is 6.90. The maximum atomic E-state index is 12.9. The van der Waals surface area contributed by atoms with Crippen LogP contribution in [0.25, 0.3) is 10.8 Å². The van der Waals surface area contributed by atoms with Gasteiger partial charge in [0.05, 0.1) is 17.5 Å². The number of likely N-dealkylation sites (tertiary alicyclic amines) is 1. The number of rotatable bonds is 5. The number of nitrogens with zero attached hydrogens (tertiary/aromatic N) is 1. The van der Waals surface area contributed by atoms with Crippen molar-refractivity contribution < 1.29 is 14.7 Å². The first-order valence-corrected chi connectivity index (χ1v) is 10.2. The van der Waals surface area contributed by atoms with E-state index in [-0.39, 0.29) is 23.9 Å². The average Bonchev–Trinajstić information content (AvgIpc) is 3.25. The standard InChI is InChI=1S/C23H28N2O3/c1-15(19-11-5-8-17-7-3-4-10-20(17)19)24-21(26)16(2)25-13-18-9-6-12-23(18,14-25)22(27)28/h3-5,7-8,10-11,15-16,18H,6,9,12-14H2,1-2H3,(H,24,26)(H,27,28)/t15?,16?,18-,23+/m0/s1. The van der Waals surface area contributed by atoms with Crippen LogP contribution in [0.2, 0.25) is 0 Å². The first kappa shape index (κ1) is 18.9. The zero-order valence-electron chi connectivity index (χ0n) is 16.5. The van der Waals surface area contributed by atoms with Gasteiger partial charge in [0.1, 0.15) is 0 Å². The lowest BCUT2D eigenvalue weighted by Crippen LogP contribution is -2.46. The van der Waals surface area contributed by atoms with Crippen LogP contribution in [-0.4, -0.2) is 41.0 Å². The smallest absolute Gasteiger partial charge is 0.311 e. The van der Waals surface area contributed by atoms with Gasteiger partial charge < -0.3 is 10.4 Å². The molecule has 2 aromatic rings. The zero-order chi connectivity index (χ0) is 19.9. The SMILES string of the molecule is CC(NC(=O)C(C)N1C[C@@H]2CCC[C@@]2(C(=O)O)C1)c1cccc2ccccc12. The zero-order valence-corrected chi connectivity index (χ0v) is 16.5. The van der Waals surface area contributed by atoms with Crippen LogP contribution < -0.4 is 5.32 Å². The normalized spacial score (nSPS) is 26.7. The minimum absolute atomic E-state index is 0.0408. The molecule has 0 aromatic heterocycles. The van der Waals surface area contributed by atoms with Crippen molar-refractivity contribution in [1.82, 2.24) is 10.2 Å². The highest BCUT2D eigenvalue weighted by atomic mass is 16.4. The fourth-order valence-electron chi connectivity index (χ4n) is 5.18. The van der Waals surface area contributed by atoms with Crippen molar-refractivity contribution in [3.05, 3.63) is 48.0 Å². The van der Waals surface area contributed by atoms with Crippen molar-refractivity contribution in [3.63, 3.8) is 0 Å². The van der Waals surface area contributed by atoms with Gasteiger partial charge in [-0.3, -0.25) is 14.5 Å². The topological polar surface area (TPSA) is 69.6 Å². The van der Waals surface area contributed by atoms with Gasteiger partial charge in [-0.1, -0.05) is 48.9 Å². The Morgan fingerprint density at radius 2 is 1.93 bits per heavy atom. The summed E-state index contributed by atoms with van der Waals surface area (Å²) in [5.74, 6) is -0.578. The molecule has 1 aliphatic carbocycles. The van der Waals surface area contributed by atoms with E-state index in [9.17, 15) is 14.7 Å². The van der Waals surface area contributed by atoms with Crippen molar-refractivity contribution in [1.29, 1.82) is 0 Å². The molecule has 4 rings (SSSR count). The number of hydrogen-bond acceptors (Lipinski definition) is 3. The molecule has 5 heteroatoms. The Morgan fingerprint density at radius 1 is 1.18 bits per heavy atom. The van der Waals surface area contributed by atoms with E-state index in [1.165, 1.54) is 0 Å². The molecule has 1 amide bonds. The van der Waals surface area contributed by atoms with Crippen LogP contribution in [0, 0.1) is 11.3 Å². The molecule has 1 aliphatic heterocycles. The fraction of sp³-hybridized carbons (Fsp3) is 0.478. The van der Waals surface area contributed by atoms with Gasteiger partial charge in [-0.2, -0.15) is 0 Å². The summed E-state index contributed by atoms with van der Waals surface area (Å²) >= 11 is 0.